The molecule has 7 nitrogen and oxygen atoms in total. The van der Waals surface area contributed by atoms with E-state index in [1.807, 2.05) is 42.5 Å². The molecule has 1 atom stereocenters. The lowest BCUT2D eigenvalue weighted by molar-refractivity contribution is -0.161. The third-order valence-electron chi connectivity index (χ3n) is 5.47. The molecule has 3 aromatic rings. The van der Waals surface area contributed by atoms with Crippen LogP contribution in [0.3, 0.4) is 0 Å². The van der Waals surface area contributed by atoms with Crippen molar-refractivity contribution >= 4 is 17.9 Å². The highest BCUT2D eigenvalue weighted by Crippen LogP contribution is 2.39. The van der Waals surface area contributed by atoms with Gasteiger partial charge in [-0.1, -0.05) is 91.0 Å². The fourth-order valence-corrected chi connectivity index (χ4v) is 4.00. The number of hydrogen-bond acceptors (Lipinski definition) is 5. The number of carbonyl (C=O) groups excluding carboxylic acids is 3. The topological polar surface area (TPSA) is 79.0 Å². The Kier molecular flexibility index (Phi) is 6.24. The van der Waals surface area contributed by atoms with Gasteiger partial charge in [-0.2, -0.15) is 0 Å². The van der Waals surface area contributed by atoms with Crippen LogP contribution in [0.15, 0.2) is 91.0 Å². The minimum atomic E-state index is -1.44. The van der Waals surface area contributed by atoms with E-state index in [2.05, 4.69) is 5.32 Å². The highest BCUT2D eigenvalue weighted by molar-refractivity contribution is 6.10. The molecule has 33 heavy (non-hydrogen) atoms. The Morgan fingerprint density at radius 1 is 0.879 bits per heavy atom. The normalized spacial score (nSPS) is 15.9. The number of hydrogen-bond donors (Lipinski definition) is 1. The molecule has 1 unspecified atom stereocenters. The summed E-state index contributed by atoms with van der Waals surface area (Å²) in [7, 11) is 3.48. The summed E-state index contributed by atoms with van der Waals surface area (Å²) in [6, 6.07) is 26.3. The highest BCUT2D eigenvalue weighted by atomic mass is 16.6. The van der Waals surface area contributed by atoms with Crippen LogP contribution in [0.1, 0.15) is 22.9 Å². The van der Waals surface area contributed by atoms with Gasteiger partial charge < -0.3 is 10.1 Å². The van der Waals surface area contributed by atoms with Crippen molar-refractivity contribution in [2.24, 2.45) is 0 Å². The Hall–Kier alpha value is -3.97. The van der Waals surface area contributed by atoms with Crippen molar-refractivity contribution in [3.63, 3.8) is 0 Å². The Morgan fingerprint density at radius 3 is 1.85 bits per heavy atom. The van der Waals surface area contributed by atoms with Gasteiger partial charge in [0.1, 0.15) is 0 Å². The van der Waals surface area contributed by atoms with Gasteiger partial charge >= 0.3 is 12.0 Å². The number of carbonyl (C=O) groups is 3. The van der Waals surface area contributed by atoms with Crippen molar-refractivity contribution in [2.75, 3.05) is 20.6 Å². The summed E-state index contributed by atoms with van der Waals surface area (Å²) in [4.78, 5) is 42.7. The number of likely N-dealkylation sites (N-methyl/N-ethyl adjacent to an activating group) is 1. The summed E-state index contributed by atoms with van der Waals surface area (Å²) >= 11 is 0. The lowest BCUT2D eigenvalue weighted by Crippen LogP contribution is -2.45. The van der Waals surface area contributed by atoms with Crippen molar-refractivity contribution in [3.05, 3.63) is 108 Å². The van der Waals surface area contributed by atoms with Crippen LogP contribution in [-0.4, -0.2) is 48.3 Å². The van der Waals surface area contributed by atoms with Crippen molar-refractivity contribution in [3.8, 4) is 0 Å². The number of urea groups is 1. The second kappa shape index (κ2) is 9.26. The van der Waals surface area contributed by atoms with Crippen LogP contribution in [0, 0.1) is 0 Å². The average Bonchev–Trinajstić information content (AvgIpc) is 3.09. The smallest absolute Gasteiger partial charge is 0.328 e. The average molecular weight is 444 g/mol. The summed E-state index contributed by atoms with van der Waals surface area (Å²) in [5.74, 6) is -1.07. The van der Waals surface area contributed by atoms with E-state index in [1.54, 1.807) is 67.5 Å². The third kappa shape index (κ3) is 4.23. The first-order valence-corrected chi connectivity index (χ1v) is 10.6. The Bertz CT molecular complexity index is 1090. The van der Waals surface area contributed by atoms with Gasteiger partial charge in [0.15, 0.2) is 5.54 Å². The Balaban J connectivity index is 1.82. The molecule has 1 aliphatic rings. The SMILES string of the molecule is CN(C)CC(=O)OC(c1ccccc1)N1C(=O)NC(c2ccccc2)(c2ccccc2)C1=O. The first-order chi connectivity index (χ1) is 15.9. The molecule has 1 heterocycles. The van der Waals surface area contributed by atoms with E-state index >= 15 is 0 Å². The number of amides is 3. The molecule has 3 amide bonds. The van der Waals surface area contributed by atoms with E-state index in [9.17, 15) is 14.4 Å². The fraction of sp³-hybridized carbons (Fsp3) is 0.192. The van der Waals surface area contributed by atoms with Gasteiger partial charge in [0.05, 0.1) is 6.54 Å². The number of nitrogens with one attached hydrogen (secondary N) is 1. The molecule has 168 valence electrons. The number of benzene rings is 3. The summed E-state index contributed by atoms with van der Waals surface area (Å²) in [6.07, 6.45) is -1.21. The summed E-state index contributed by atoms with van der Waals surface area (Å²) in [5.41, 5.74) is 0.303. The number of ether oxygens (including phenoxy) is 1. The number of rotatable bonds is 7. The molecule has 1 aliphatic heterocycles. The molecule has 3 aromatic carbocycles. The summed E-state index contributed by atoms with van der Waals surface area (Å²) < 4.78 is 5.70. The maximum atomic E-state index is 14.1. The Labute approximate surface area is 192 Å². The lowest BCUT2D eigenvalue weighted by atomic mass is 9.82. The summed E-state index contributed by atoms with van der Waals surface area (Å²) in [5, 5.41) is 2.90. The standard InChI is InChI=1S/C26H25N3O4/c1-28(2)18-22(30)33-23(19-12-6-3-7-13-19)29-24(31)26(27-25(29)32,20-14-8-4-9-15-20)21-16-10-5-11-17-21/h3-17,23H,18H2,1-2H3,(H,27,32). The largest absolute Gasteiger partial charge is 0.436 e. The van der Waals surface area contributed by atoms with E-state index < -0.39 is 29.7 Å². The van der Waals surface area contributed by atoms with E-state index in [1.165, 1.54) is 0 Å². The molecule has 0 aliphatic carbocycles. The first-order valence-electron chi connectivity index (χ1n) is 10.6. The minimum absolute atomic E-state index is 0.00942. The van der Waals surface area contributed by atoms with Gasteiger partial charge in [-0.05, 0) is 25.2 Å². The van der Waals surface area contributed by atoms with Gasteiger partial charge in [-0.3, -0.25) is 14.5 Å². The molecule has 0 spiro atoms. The van der Waals surface area contributed by atoms with Crippen molar-refractivity contribution < 1.29 is 19.1 Å². The third-order valence-corrected chi connectivity index (χ3v) is 5.47. The number of esters is 1. The van der Waals surface area contributed by atoms with Gasteiger partial charge in [-0.15, -0.1) is 0 Å². The van der Waals surface area contributed by atoms with Crippen LogP contribution in [0.2, 0.25) is 0 Å². The van der Waals surface area contributed by atoms with Gasteiger partial charge in [-0.25, -0.2) is 9.69 Å². The molecule has 1 N–H and O–H groups in total. The number of imide groups is 1. The predicted octanol–water partition coefficient (Wildman–Crippen LogP) is 3.29. The molecule has 0 bridgehead atoms. The number of nitrogens with zero attached hydrogens (tertiary/aromatic N) is 2. The predicted molar refractivity (Wildman–Crippen MR) is 123 cm³/mol. The molecular formula is C26H25N3O4. The van der Waals surface area contributed by atoms with Gasteiger partial charge in [0, 0.05) is 5.56 Å². The van der Waals surface area contributed by atoms with Crippen LogP contribution in [0.4, 0.5) is 4.79 Å². The van der Waals surface area contributed by atoms with Crippen molar-refractivity contribution in [2.45, 2.75) is 11.8 Å². The zero-order valence-corrected chi connectivity index (χ0v) is 18.5. The zero-order chi connectivity index (χ0) is 23.4. The van der Waals surface area contributed by atoms with Crippen molar-refractivity contribution in [1.29, 1.82) is 0 Å². The molecule has 0 radical (unpaired) electrons. The minimum Gasteiger partial charge on any atom is -0.436 e. The van der Waals surface area contributed by atoms with E-state index in [0.29, 0.717) is 16.7 Å². The maximum absolute atomic E-state index is 14.1. The molecular weight excluding hydrogens is 418 g/mol. The quantitative estimate of drug-likeness (QED) is 0.448. The summed E-state index contributed by atoms with van der Waals surface area (Å²) in [6.45, 7) is 0.00942. The molecule has 0 aromatic heterocycles. The van der Waals surface area contributed by atoms with Gasteiger partial charge in [0.25, 0.3) is 5.91 Å². The monoisotopic (exact) mass is 443 g/mol. The molecule has 4 rings (SSSR count). The molecule has 7 heteroatoms. The van der Waals surface area contributed by atoms with E-state index in [-0.39, 0.29) is 6.54 Å². The first kappa shape index (κ1) is 22.2. The second-order valence-corrected chi connectivity index (χ2v) is 8.08. The second-order valence-electron chi connectivity index (χ2n) is 8.08. The fourth-order valence-electron chi connectivity index (χ4n) is 4.00. The van der Waals surface area contributed by atoms with Crippen molar-refractivity contribution in [1.82, 2.24) is 15.1 Å². The zero-order valence-electron chi connectivity index (χ0n) is 18.5. The Morgan fingerprint density at radius 2 is 1.36 bits per heavy atom. The molecule has 1 saturated heterocycles. The van der Waals surface area contributed by atoms with Crippen LogP contribution in [-0.2, 0) is 19.9 Å². The van der Waals surface area contributed by atoms with E-state index in [0.717, 1.165) is 4.90 Å². The maximum Gasteiger partial charge on any atom is 0.328 e. The molecule has 1 fully saturated rings. The van der Waals surface area contributed by atoms with Crippen LogP contribution in [0.25, 0.3) is 0 Å². The lowest BCUT2D eigenvalue weighted by Gasteiger charge is -2.30. The van der Waals surface area contributed by atoms with Crippen LogP contribution >= 0.6 is 0 Å². The van der Waals surface area contributed by atoms with Crippen LogP contribution in [0.5, 0.6) is 0 Å². The van der Waals surface area contributed by atoms with Crippen LogP contribution < -0.4 is 5.32 Å². The van der Waals surface area contributed by atoms with E-state index in [4.69, 9.17) is 4.74 Å². The van der Waals surface area contributed by atoms with Gasteiger partial charge in [0.2, 0.25) is 6.23 Å². The molecule has 0 saturated carbocycles. The highest BCUT2D eigenvalue weighted by Gasteiger charge is 2.56.